The van der Waals surface area contributed by atoms with Gasteiger partial charge in [-0.25, -0.2) is 9.97 Å². The number of hydrogen-bond donors (Lipinski definition) is 0. The molecule has 6 heteroatoms. The van der Waals surface area contributed by atoms with Crippen molar-refractivity contribution in [2.24, 2.45) is 0 Å². The lowest BCUT2D eigenvalue weighted by molar-refractivity contribution is -0.143. The molecule has 152 valence electrons. The lowest BCUT2D eigenvalue weighted by Crippen LogP contribution is -2.21. The third-order valence-corrected chi connectivity index (χ3v) is 4.11. The Labute approximate surface area is 167 Å². The van der Waals surface area contributed by atoms with E-state index in [-0.39, 0.29) is 12.1 Å². The number of rotatable bonds is 12. The van der Waals surface area contributed by atoms with Gasteiger partial charge in [0.05, 0.1) is 12.7 Å². The number of carbonyl (C=O) groups excluding carboxylic acids is 1. The number of unbranched alkanes of at least 4 members (excludes halogenated alkanes) is 3. The average Bonchev–Trinajstić information content (AvgIpc) is 2.68. The van der Waals surface area contributed by atoms with E-state index in [2.05, 4.69) is 14.9 Å². The Morgan fingerprint density at radius 1 is 1.04 bits per heavy atom. The van der Waals surface area contributed by atoms with Crippen molar-refractivity contribution < 1.29 is 14.3 Å². The first-order chi connectivity index (χ1) is 13.6. The van der Waals surface area contributed by atoms with Crippen LogP contribution in [0.3, 0.4) is 0 Å². The van der Waals surface area contributed by atoms with Gasteiger partial charge in [-0.15, -0.1) is 0 Å². The summed E-state index contributed by atoms with van der Waals surface area (Å²) in [5.41, 5.74) is 0. The Bertz CT molecular complexity index is 707. The fourth-order valence-electron chi connectivity index (χ4n) is 2.88. The summed E-state index contributed by atoms with van der Waals surface area (Å²) in [4.78, 5) is 22.5. The second-order valence-electron chi connectivity index (χ2n) is 6.83. The summed E-state index contributed by atoms with van der Waals surface area (Å²) in [5, 5.41) is 0. The molecule has 6 nitrogen and oxygen atoms in total. The number of pyridine rings is 2. The van der Waals surface area contributed by atoms with Gasteiger partial charge in [0.15, 0.2) is 0 Å². The highest BCUT2D eigenvalue weighted by atomic mass is 16.5. The van der Waals surface area contributed by atoms with Gasteiger partial charge in [-0.05, 0) is 51.8 Å². The number of nitrogens with zero attached hydrogens (tertiary/aromatic N) is 3. The molecule has 0 aromatic carbocycles. The van der Waals surface area contributed by atoms with Crippen LogP contribution in [0, 0.1) is 0 Å². The Balaban J connectivity index is 1.95. The fourth-order valence-corrected chi connectivity index (χ4v) is 2.88. The smallest absolute Gasteiger partial charge is 0.305 e. The van der Waals surface area contributed by atoms with Crippen molar-refractivity contribution in [2.75, 3.05) is 18.1 Å². The van der Waals surface area contributed by atoms with Crippen LogP contribution in [0.5, 0.6) is 5.75 Å². The average molecular weight is 386 g/mol. The summed E-state index contributed by atoms with van der Waals surface area (Å²) in [5.74, 6) is 2.38. The van der Waals surface area contributed by atoms with Gasteiger partial charge in [0.1, 0.15) is 17.4 Å². The van der Waals surface area contributed by atoms with Crippen molar-refractivity contribution in [1.82, 2.24) is 9.97 Å². The van der Waals surface area contributed by atoms with E-state index >= 15 is 0 Å². The van der Waals surface area contributed by atoms with E-state index in [4.69, 9.17) is 9.47 Å². The van der Waals surface area contributed by atoms with Gasteiger partial charge >= 0.3 is 5.97 Å². The summed E-state index contributed by atoms with van der Waals surface area (Å²) in [7, 11) is 0. The molecule has 0 radical (unpaired) electrons. The lowest BCUT2D eigenvalue weighted by atomic mass is 10.1. The highest BCUT2D eigenvalue weighted by Crippen LogP contribution is 2.26. The van der Waals surface area contributed by atoms with E-state index in [1.165, 1.54) is 0 Å². The normalized spacial score (nSPS) is 10.7. The summed E-state index contributed by atoms with van der Waals surface area (Å²) in [6.07, 6.45) is 8.03. The Morgan fingerprint density at radius 3 is 2.54 bits per heavy atom. The van der Waals surface area contributed by atoms with Crippen LogP contribution in [0.15, 0.2) is 42.7 Å². The third-order valence-electron chi connectivity index (χ3n) is 4.11. The van der Waals surface area contributed by atoms with Crippen molar-refractivity contribution in [3.63, 3.8) is 0 Å². The van der Waals surface area contributed by atoms with E-state index in [0.717, 1.165) is 49.6 Å². The Kier molecular flexibility index (Phi) is 9.25. The third kappa shape index (κ3) is 7.55. The maximum Gasteiger partial charge on any atom is 0.305 e. The summed E-state index contributed by atoms with van der Waals surface area (Å²) in [6.45, 7) is 7.10. The summed E-state index contributed by atoms with van der Waals surface area (Å²) in [6, 6.07) is 9.69. The molecule has 0 aliphatic heterocycles. The van der Waals surface area contributed by atoms with E-state index in [0.29, 0.717) is 13.0 Å². The molecule has 28 heavy (non-hydrogen) atoms. The van der Waals surface area contributed by atoms with Gasteiger partial charge in [-0.2, -0.15) is 0 Å². The minimum Gasteiger partial charge on any atom is -0.491 e. The van der Waals surface area contributed by atoms with Gasteiger partial charge in [0.25, 0.3) is 0 Å². The van der Waals surface area contributed by atoms with E-state index < -0.39 is 0 Å². The number of hydrogen-bond acceptors (Lipinski definition) is 6. The Morgan fingerprint density at radius 2 is 1.82 bits per heavy atom. The van der Waals surface area contributed by atoms with Crippen LogP contribution >= 0.6 is 0 Å². The fraction of sp³-hybridized carbons (Fsp3) is 0.500. The van der Waals surface area contributed by atoms with Gasteiger partial charge in [-0.3, -0.25) is 4.79 Å². The van der Waals surface area contributed by atoms with Crippen LogP contribution in [0.1, 0.15) is 52.9 Å². The molecule has 2 aromatic rings. The van der Waals surface area contributed by atoms with Crippen LogP contribution in [0.4, 0.5) is 11.6 Å². The highest BCUT2D eigenvalue weighted by Gasteiger charge is 2.13. The number of aromatic nitrogens is 2. The molecule has 0 amide bonds. The maximum atomic E-state index is 11.4. The molecule has 2 aromatic heterocycles. The summed E-state index contributed by atoms with van der Waals surface area (Å²) < 4.78 is 10.8. The van der Waals surface area contributed by atoms with Gasteiger partial charge < -0.3 is 14.4 Å². The topological polar surface area (TPSA) is 64.5 Å². The van der Waals surface area contributed by atoms with Crippen LogP contribution in [-0.2, 0) is 9.53 Å². The molecular formula is C22H31N3O3. The van der Waals surface area contributed by atoms with Crippen LogP contribution < -0.4 is 9.64 Å². The monoisotopic (exact) mass is 385 g/mol. The molecule has 0 atom stereocenters. The largest absolute Gasteiger partial charge is 0.491 e. The van der Waals surface area contributed by atoms with Crippen molar-refractivity contribution in [3.05, 3.63) is 42.7 Å². The number of carbonyl (C=O) groups is 1. The molecule has 0 fully saturated rings. The van der Waals surface area contributed by atoms with Crippen molar-refractivity contribution >= 4 is 17.6 Å². The number of ether oxygens (including phenoxy) is 2. The zero-order chi connectivity index (χ0) is 20.2. The molecule has 0 spiro atoms. The first-order valence-electron chi connectivity index (χ1n) is 10.1. The second-order valence-corrected chi connectivity index (χ2v) is 6.83. The number of anilines is 2. The van der Waals surface area contributed by atoms with E-state index in [9.17, 15) is 4.79 Å². The number of esters is 1. The highest BCUT2D eigenvalue weighted by molar-refractivity contribution is 5.69. The summed E-state index contributed by atoms with van der Waals surface area (Å²) >= 11 is 0. The molecule has 0 saturated carbocycles. The SMILES string of the molecule is CCOC(=O)CCCCCCN(c1ccccn1)c1cc(OC(C)C)ccn1. The minimum atomic E-state index is -0.108. The van der Waals surface area contributed by atoms with Crippen LogP contribution in [0.25, 0.3) is 0 Å². The van der Waals surface area contributed by atoms with Crippen LogP contribution in [0.2, 0.25) is 0 Å². The van der Waals surface area contributed by atoms with Gasteiger partial charge in [-0.1, -0.05) is 18.9 Å². The predicted molar refractivity (Wildman–Crippen MR) is 111 cm³/mol. The molecular weight excluding hydrogens is 354 g/mol. The molecule has 0 aliphatic rings. The molecule has 0 saturated heterocycles. The second kappa shape index (κ2) is 12.0. The van der Waals surface area contributed by atoms with Crippen molar-refractivity contribution in [3.8, 4) is 5.75 Å². The predicted octanol–water partition coefficient (Wildman–Crippen LogP) is 4.92. The van der Waals surface area contributed by atoms with Crippen LogP contribution in [-0.4, -0.2) is 35.2 Å². The molecule has 0 aliphatic carbocycles. The standard InChI is InChI=1S/C22H31N3O3/c1-4-27-22(26)12-7-5-6-10-16-25(20-11-8-9-14-23-20)21-17-19(13-15-24-21)28-18(2)3/h8-9,11,13-15,17-18H,4-7,10,12,16H2,1-3H3. The quantitative estimate of drug-likeness (QED) is 0.382. The minimum absolute atomic E-state index is 0.108. The van der Waals surface area contributed by atoms with Crippen molar-refractivity contribution in [1.29, 1.82) is 0 Å². The Hall–Kier alpha value is -2.63. The first kappa shape index (κ1) is 21.7. The van der Waals surface area contributed by atoms with Gasteiger partial charge in [0.2, 0.25) is 0 Å². The molecule has 0 N–H and O–H groups in total. The van der Waals surface area contributed by atoms with Gasteiger partial charge in [0, 0.05) is 31.4 Å². The van der Waals surface area contributed by atoms with Crippen molar-refractivity contribution in [2.45, 2.75) is 59.0 Å². The molecule has 0 bridgehead atoms. The van der Waals surface area contributed by atoms with E-state index in [1.807, 2.05) is 51.1 Å². The zero-order valence-electron chi connectivity index (χ0n) is 17.1. The lowest BCUT2D eigenvalue weighted by Gasteiger charge is -2.23. The molecule has 2 heterocycles. The maximum absolute atomic E-state index is 11.4. The first-order valence-corrected chi connectivity index (χ1v) is 10.1. The van der Waals surface area contributed by atoms with E-state index in [1.54, 1.807) is 12.4 Å². The zero-order valence-corrected chi connectivity index (χ0v) is 17.1. The molecule has 2 rings (SSSR count). The molecule has 0 unspecified atom stereocenters.